The Labute approximate surface area is 78.2 Å². The topological polar surface area (TPSA) is 0 Å². The van der Waals surface area contributed by atoms with E-state index >= 15 is 0 Å². The van der Waals surface area contributed by atoms with E-state index in [-0.39, 0.29) is 0 Å². The second-order valence-electron chi connectivity index (χ2n) is 4.35. The molecule has 0 spiro atoms. The predicted octanol–water partition coefficient (Wildman–Crippen LogP) is 3.62. The molecular weight excluding hydrogens is 200 g/mol. The fourth-order valence-corrected chi connectivity index (χ4v) is 3.01. The maximum atomic E-state index is 3.55. The maximum Gasteiger partial charge on any atom is 0.00708 e. The molecule has 0 N–H and O–H groups in total. The first-order chi connectivity index (χ1) is 5.00. The van der Waals surface area contributed by atoms with E-state index in [0.717, 1.165) is 17.2 Å². The number of allylic oxidation sites excluding steroid dienone is 2. The summed E-state index contributed by atoms with van der Waals surface area (Å²) in [6.45, 7) is 9.06. The van der Waals surface area contributed by atoms with Crippen molar-refractivity contribution >= 4 is 15.9 Å². The summed E-state index contributed by atoms with van der Waals surface area (Å²) < 4.78 is 0. The van der Waals surface area contributed by atoms with Gasteiger partial charge in [0.2, 0.25) is 0 Å². The lowest BCUT2D eigenvalue weighted by atomic mass is 10.1. The normalized spacial score (nSPS) is 33.2. The molecule has 0 aromatic carbocycles. The highest BCUT2D eigenvalue weighted by molar-refractivity contribution is 9.09. The molecule has 1 aliphatic carbocycles. The molecular formula is C10H17Br. The van der Waals surface area contributed by atoms with Crippen molar-refractivity contribution in [1.82, 2.24) is 0 Å². The minimum Gasteiger partial charge on any atom is -0.0925 e. The Morgan fingerprint density at radius 1 is 1.45 bits per heavy atom. The van der Waals surface area contributed by atoms with Crippen LogP contribution in [0.3, 0.4) is 0 Å². The Morgan fingerprint density at radius 2 is 2.00 bits per heavy atom. The average molecular weight is 217 g/mol. The van der Waals surface area contributed by atoms with Crippen molar-refractivity contribution in [2.24, 2.45) is 17.3 Å². The summed E-state index contributed by atoms with van der Waals surface area (Å²) >= 11 is 3.55. The van der Waals surface area contributed by atoms with Gasteiger partial charge in [0.1, 0.15) is 0 Å². The van der Waals surface area contributed by atoms with Gasteiger partial charge in [-0.15, -0.1) is 0 Å². The van der Waals surface area contributed by atoms with Gasteiger partial charge in [0.05, 0.1) is 0 Å². The molecule has 0 heterocycles. The smallest absolute Gasteiger partial charge is 0.00708 e. The molecule has 1 heteroatoms. The standard InChI is InChI=1S/C10H17Br/c1-7(2)5-8-9(6-11)10(8,3)4/h5,8-9H,6H2,1-4H3/t8-,9-/m1/s1. The number of hydrogen-bond donors (Lipinski definition) is 0. The van der Waals surface area contributed by atoms with Gasteiger partial charge in [0.25, 0.3) is 0 Å². The zero-order valence-electron chi connectivity index (χ0n) is 7.82. The summed E-state index contributed by atoms with van der Waals surface area (Å²) in [7, 11) is 0. The van der Waals surface area contributed by atoms with E-state index in [0.29, 0.717) is 5.41 Å². The number of halogens is 1. The van der Waals surface area contributed by atoms with Crippen LogP contribution in [0.5, 0.6) is 0 Å². The van der Waals surface area contributed by atoms with Gasteiger partial charge in [-0.05, 0) is 31.1 Å². The Kier molecular flexibility index (Phi) is 2.48. The minimum absolute atomic E-state index is 0.542. The Bertz CT molecular complexity index is 175. The zero-order chi connectivity index (χ0) is 8.65. The molecule has 0 aromatic rings. The van der Waals surface area contributed by atoms with Crippen molar-refractivity contribution in [3.8, 4) is 0 Å². The first-order valence-corrected chi connectivity index (χ1v) is 5.33. The Hall–Kier alpha value is 0.220. The van der Waals surface area contributed by atoms with Gasteiger partial charge < -0.3 is 0 Å². The van der Waals surface area contributed by atoms with Crippen molar-refractivity contribution in [2.75, 3.05) is 5.33 Å². The molecule has 2 atom stereocenters. The van der Waals surface area contributed by atoms with Crippen LogP contribution in [-0.4, -0.2) is 5.33 Å². The van der Waals surface area contributed by atoms with Gasteiger partial charge in [-0.25, -0.2) is 0 Å². The van der Waals surface area contributed by atoms with Crippen molar-refractivity contribution in [1.29, 1.82) is 0 Å². The van der Waals surface area contributed by atoms with Crippen LogP contribution in [0.25, 0.3) is 0 Å². The van der Waals surface area contributed by atoms with Crippen molar-refractivity contribution in [3.63, 3.8) is 0 Å². The van der Waals surface area contributed by atoms with Crippen LogP contribution in [-0.2, 0) is 0 Å². The molecule has 0 saturated heterocycles. The quantitative estimate of drug-likeness (QED) is 0.489. The summed E-state index contributed by atoms with van der Waals surface area (Å²) in [6.07, 6.45) is 2.41. The summed E-state index contributed by atoms with van der Waals surface area (Å²) in [6, 6.07) is 0. The highest BCUT2D eigenvalue weighted by Crippen LogP contribution is 2.59. The van der Waals surface area contributed by atoms with E-state index in [2.05, 4.69) is 49.7 Å². The maximum absolute atomic E-state index is 3.55. The van der Waals surface area contributed by atoms with E-state index in [9.17, 15) is 0 Å². The summed E-state index contributed by atoms with van der Waals surface area (Å²) in [5.41, 5.74) is 1.99. The van der Waals surface area contributed by atoms with E-state index in [1.54, 1.807) is 0 Å². The molecule has 0 nitrogen and oxygen atoms in total. The van der Waals surface area contributed by atoms with Crippen molar-refractivity contribution in [3.05, 3.63) is 11.6 Å². The van der Waals surface area contributed by atoms with Gasteiger partial charge in [0, 0.05) is 5.33 Å². The van der Waals surface area contributed by atoms with Crippen molar-refractivity contribution < 1.29 is 0 Å². The molecule has 0 aliphatic heterocycles. The third-order valence-electron chi connectivity index (χ3n) is 2.82. The zero-order valence-corrected chi connectivity index (χ0v) is 9.40. The van der Waals surface area contributed by atoms with Crippen LogP contribution in [0.4, 0.5) is 0 Å². The largest absolute Gasteiger partial charge is 0.0925 e. The van der Waals surface area contributed by atoms with Crippen LogP contribution >= 0.6 is 15.9 Å². The van der Waals surface area contributed by atoms with E-state index in [4.69, 9.17) is 0 Å². The first kappa shape index (κ1) is 9.31. The summed E-state index contributed by atoms with van der Waals surface area (Å²) in [5, 5.41) is 1.15. The van der Waals surface area contributed by atoms with E-state index in [1.165, 1.54) is 5.57 Å². The Balaban J connectivity index is 2.59. The molecule has 1 fully saturated rings. The molecule has 1 aliphatic rings. The summed E-state index contributed by atoms with van der Waals surface area (Å²) in [4.78, 5) is 0. The molecule has 1 rings (SSSR count). The number of rotatable bonds is 2. The highest BCUT2D eigenvalue weighted by Gasteiger charge is 2.54. The molecule has 64 valence electrons. The number of alkyl halides is 1. The van der Waals surface area contributed by atoms with Crippen LogP contribution in [0.1, 0.15) is 27.7 Å². The first-order valence-electron chi connectivity index (χ1n) is 4.21. The van der Waals surface area contributed by atoms with Crippen LogP contribution in [0.15, 0.2) is 11.6 Å². The molecule has 11 heavy (non-hydrogen) atoms. The van der Waals surface area contributed by atoms with Gasteiger partial charge >= 0.3 is 0 Å². The van der Waals surface area contributed by atoms with Crippen molar-refractivity contribution in [2.45, 2.75) is 27.7 Å². The monoisotopic (exact) mass is 216 g/mol. The average Bonchev–Trinajstić information content (AvgIpc) is 2.33. The van der Waals surface area contributed by atoms with E-state index in [1.807, 2.05) is 0 Å². The second-order valence-corrected chi connectivity index (χ2v) is 5.00. The molecule has 0 unspecified atom stereocenters. The minimum atomic E-state index is 0.542. The fraction of sp³-hybridized carbons (Fsp3) is 0.800. The summed E-state index contributed by atoms with van der Waals surface area (Å²) in [5.74, 6) is 1.67. The lowest BCUT2D eigenvalue weighted by molar-refractivity contribution is 0.573. The van der Waals surface area contributed by atoms with Gasteiger partial charge in [-0.3, -0.25) is 0 Å². The third-order valence-corrected chi connectivity index (χ3v) is 3.52. The van der Waals surface area contributed by atoms with Gasteiger partial charge in [-0.2, -0.15) is 0 Å². The Morgan fingerprint density at radius 3 is 2.27 bits per heavy atom. The molecule has 0 aromatic heterocycles. The van der Waals surface area contributed by atoms with Crippen LogP contribution < -0.4 is 0 Å². The second kappa shape index (κ2) is 2.93. The van der Waals surface area contributed by atoms with Crippen LogP contribution in [0.2, 0.25) is 0 Å². The van der Waals surface area contributed by atoms with E-state index < -0.39 is 0 Å². The molecule has 0 amide bonds. The third kappa shape index (κ3) is 1.69. The van der Waals surface area contributed by atoms with Crippen LogP contribution in [0, 0.1) is 17.3 Å². The lowest BCUT2D eigenvalue weighted by Gasteiger charge is -1.97. The SMILES string of the molecule is CC(C)=C[C@@H]1[C@@H](CBr)C1(C)C. The number of hydrogen-bond acceptors (Lipinski definition) is 0. The highest BCUT2D eigenvalue weighted by atomic mass is 79.9. The van der Waals surface area contributed by atoms with Gasteiger partial charge in [-0.1, -0.05) is 41.4 Å². The predicted molar refractivity (Wildman–Crippen MR) is 54.0 cm³/mol. The van der Waals surface area contributed by atoms with Gasteiger partial charge in [0.15, 0.2) is 0 Å². The molecule has 0 radical (unpaired) electrons. The molecule has 1 saturated carbocycles. The molecule has 0 bridgehead atoms. The lowest BCUT2D eigenvalue weighted by Crippen LogP contribution is -1.89. The fourth-order valence-electron chi connectivity index (χ4n) is 1.77.